The number of aryl methyl sites for hydroxylation is 1. The summed E-state index contributed by atoms with van der Waals surface area (Å²) in [6.07, 6.45) is 0.460. The molecule has 5 nitrogen and oxygen atoms in total. The Bertz CT molecular complexity index is 842. The van der Waals surface area contributed by atoms with E-state index < -0.39 is 9.84 Å². The summed E-state index contributed by atoms with van der Waals surface area (Å²) >= 11 is 3.25. The molecule has 128 valence electrons. The molecular formula is C17H18BrNO4S. The molecule has 0 saturated carbocycles. The maximum atomic E-state index is 12.9. The summed E-state index contributed by atoms with van der Waals surface area (Å²) < 4.78 is 29.8. The van der Waals surface area contributed by atoms with Crippen LogP contribution >= 0.6 is 15.9 Å². The Morgan fingerprint density at radius 3 is 2.50 bits per heavy atom. The molecule has 2 aromatic rings. The lowest BCUT2D eigenvalue weighted by Gasteiger charge is -2.27. The van der Waals surface area contributed by atoms with Gasteiger partial charge in [0.15, 0.2) is 14.5 Å². The monoisotopic (exact) mass is 411 g/mol. The number of carbonyl (C=O) groups is 1. The van der Waals surface area contributed by atoms with Crippen LogP contribution in [0.1, 0.15) is 28.1 Å². The fraction of sp³-hybridized carbons (Fsp3) is 0.353. The van der Waals surface area contributed by atoms with Crippen molar-refractivity contribution in [3.8, 4) is 0 Å². The Morgan fingerprint density at radius 2 is 1.96 bits per heavy atom. The van der Waals surface area contributed by atoms with E-state index >= 15 is 0 Å². The number of hydrogen-bond acceptors (Lipinski definition) is 4. The van der Waals surface area contributed by atoms with Gasteiger partial charge >= 0.3 is 0 Å². The van der Waals surface area contributed by atoms with Crippen LogP contribution in [0.3, 0.4) is 0 Å². The van der Waals surface area contributed by atoms with Crippen LogP contribution in [0.4, 0.5) is 0 Å². The molecule has 1 aliphatic rings. The van der Waals surface area contributed by atoms with Crippen molar-refractivity contribution in [3.63, 3.8) is 0 Å². The normalized spacial score (nSPS) is 19.3. The first-order valence-corrected chi connectivity index (χ1v) is 10.3. The zero-order valence-corrected chi connectivity index (χ0v) is 15.6. The van der Waals surface area contributed by atoms with E-state index in [1.807, 2.05) is 19.1 Å². The summed E-state index contributed by atoms with van der Waals surface area (Å²) in [6, 6.07) is 10.5. The van der Waals surface area contributed by atoms with Crippen LogP contribution in [0.2, 0.25) is 0 Å². The van der Waals surface area contributed by atoms with Gasteiger partial charge < -0.3 is 9.32 Å². The summed E-state index contributed by atoms with van der Waals surface area (Å²) in [5, 5.41) is 0. The van der Waals surface area contributed by atoms with Crippen molar-refractivity contribution in [1.82, 2.24) is 4.90 Å². The first-order chi connectivity index (χ1) is 11.3. The van der Waals surface area contributed by atoms with Crippen LogP contribution in [0, 0.1) is 6.92 Å². The highest BCUT2D eigenvalue weighted by Gasteiger charge is 2.35. The Labute approximate surface area is 149 Å². The molecule has 1 atom stereocenters. The fourth-order valence-electron chi connectivity index (χ4n) is 2.85. The van der Waals surface area contributed by atoms with E-state index in [-0.39, 0.29) is 30.0 Å². The molecule has 3 rings (SSSR count). The number of furan rings is 1. The predicted octanol–water partition coefficient (Wildman–Crippen LogP) is 3.18. The molecule has 7 heteroatoms. The number of benzene rings is 1. The summed E-state index contributed by atoms with van der Waals surface area (Å²) in [4.78, 5) is 14.6. The molecule has 2 heterocycles. The van der Waals surface area contributed by atoms with Gasteiger partial charge in [0.2, 0.25) is 0 Å². The summed E-state index contributed by atoms with van der Waals surface area (Å²) in [5.74, 6) is 0.570. The molecule has 0 N–H and O–H groups in total. The number of rotatable bonds is 4. The van der Waals surface area contributed by atoms with Crippen LogP contribution in [0.5, 0.6) is 0 Å². The highest BCUT2D eigenvalue weighted by Crippen LogP contribution is 2.24. The SMILES string of the molecule is Cc1ccc(C(=O)N(Cc2ccc(Br)o2)[C@@H]2CCS(=O)(=O)C2)cc1. The van der Waals surface area contributed by atoms with Gasteiger partial charge in [0.25, 0.3) is 5.91 Å². The molecule has 0 aliphatic carbocycles. The minimum absolute atomic E-state index is 0.00643. The Balaban J connectivity index is 1.88. The molecule has 1 saturated heterocycles. The van der Waals surface area contributed by atoms with Gasteiger partial charge in [-0.3, -0.25) is 4.79 Å². The molecule has 0 spiro atoms. The number of carbonyl (C=O) groups excluding carboxylic acids is 1. The third-order valence-electron chi connectivity index (χ3n) is 4.16. The largest absolute Gasteiger partial charge is 0.452 e. The van der Waals surface area contributed by atoms with Gasteiger partial charge in [-0.15, -0.1) is 0 Å². The lowest BCUT2D eigenvalue weighted by molar-refractivity contribution is 0.0665. The van der Waals surface area contributed by atoms with Gasteiger partial charge in [0.1, 0.15) is 5.76 Å². The number of amides is 1. The van der Waals surface area contributed by atoms with Gasteiger partial charge in [-0.05, 0) is 53.5 Å². The van der Waals surface area contributed by atoms with Crippen LogP contribution in [-0.2, 0) is 16.4 Å². The molecule has 0 bridgehead atoms. The summed E-state index contributed by atoms with van der Waals surface area (Å²) in [7, 11) is -3.08. The molecule has 0 radical (unpaired) electrons. The average Bonchev–Trinajstić information content (AvgIpc) is 3.10. The lowest BCUT2D eigenvalue weighted by atomic mass is 10.1. The van der Waals surface area contributed by atoms with Crippen molar-refractivity contribution in [2.24, 2.45) is 0 Å². The minimum atomic E-state index is -3.08. The second kappa shape index (κ2) is 6.72. The molecule has 1 amide bonds. The Morgan fingerprint density at radius 1 is 1.25 bits per heavy atom. The Hall–Kier alpha value is -1.60. The van der Waals surface area contributed by atoms with Gasteiger partial charge in [0, 0.05) is 11.6 Å². The molecule has 0 unspecified atom stereocenters. The second-order valence-electron chi connectivity index (χ2n) is 6.06. The van der Waals surface area contributed by atoms with Crippen molar-refractivity contribution >= 4 is 31.7 Å². The fourth-order valence-corrected chi connectivity index (χ4v) is 4.93. The van der Waals surface area contributed by atoms with E-state index in [0.29, 0.717) is 22.4 Å². The van der Waals surface area contributed by atoms with Gasteiger partial charge in [-0.25, -0.2) is 8.42 Å². The van der Waals surface area contributed by atoms with E-state index in [1.165, 1.54) is 0 Å². The molecule has 1 aromatic carbocycles. The van der Waals surface area contributed by atoms with Crippen molar-refractivity contribution in [3.05, 3.63) is 58.0 Å². The first kappa shape index (κ1) is 17.2. The maximum Gasteiger partial charge on any atom is 0.254 e. The van der Waals surface area contributed by atoms with Crippen LogP contribution in [-0.4, -0.2) is 36.8 Å². The van der Waals surface area contributed by atoms with E-state index in [0.717, 1.165) is 5.56 Å². The maximum absolute atomic E-state index is 12.9. The van der Waals surface area contributed by atoms with Crippen LogP contribution < -0.4 is 0 Å². The van der Waals surface area contributed by atoms with E-state index in [4.69, 9.17) is 4.42 Å². The highest BCUT2D eigenvalue weighted by molar-refractivity contribution is 9.10. The Kier molecular flexibility index (Phi) is 4.83. The van der Waals surface area contributed by atoms with Gasteiger partial charge in [0.05, 0.1) is 18.1 Å². The van der Waals surface area contributed by atoms with Crippen molar-refractivity contribution in [2.75, 3.05) is 11.5 Å². The van der Waals surface area contributed by atoms with Crippen molar-refractivity contribution in [2.45, 2.75) is 25.9 Å². The smallest absolute Gasteiger partial charge is 0.254 e. The second-order valence-corrected chi connectivity index (χ2v) is 9.07. The molecular weight excluding hydrogens is 394 g/mol. The van der Waals surface area contributed by atoms with Crippen LogP contribution in [0.15, 0.2) is 45.5 Å². The van der Waals surface area contributed by atoms with E-state index in [9.17, 15) is 13.2 Å². The summed E-state index contributed by atoms with van der Waals surface area (Å²) in [6.45, 7) is 2.20. The zero-order valence-electron chi connectivity index (χ0n) is 13.2. The predicted molar refractivity (Wildman–Crippen MR) is 94.5 cm³/mol. The molecule has 1 aromatic heterocycles. The number of nitrogens with zero attached hydrogens (tertiary/aromatic N) is 1. The van der Waals surface area contributed by atoms with Crippen molar-refractivity contribution in [1.29, 1.82) is 0 Å². The standard InChI is InChI=1S/C17H18BrNO4S/c1-12-2-4-13(5-3-12)17(20)19(10-15-6-7-16(18)23-15)14-8-9-24(21,22)11-14/h2-7,14H,8-11H2,1H3/t14-/m1/s1. The quantitative estimate of drug-likeness (QED) is 0.774. The van der Waals surface area contributed by atoms with Gasteiger partial charge in [-0.2, -0.15) is 0 Å². The molecule has 24 heavy (non-hydrogen) atoms. The zero-order chi connectivity index (χ0) is 17.3. The lowest BCUT2D eigenvalue weighted by Crippen LogP contribution is -2.40. The number of hydrogen-bond donors (Lipinski definition) is 0. The van der Waals surface area contributed by atoms with E-state index in [2.05, 4.69) is 15.9 Å². The van der Waals surface area contributed by atoms with E-state index in [1.54, 1.807) is 29.2 Å². The first-order valence-electron chi connectivity index (χ1n) is 7.66. The highest BCUT2D eigenvalue weighted by atomic mass is 79.9. The minimum Gasteiger partial charge on any atom is -0.452 e. The molecule has 1 fully saturated rings. The van der Waals surface area contributed by atoms with Crippen LogP contribution in [0.25, 0.3) is 0 Å². The third kappa shape index (κ3) is 3.89. The molecule has 1 aliphatic heterocycles. The number of halogens is 1. The van der Waals surface area contributed by atoms with Gasteiger partial charge in [-0.1, -0.05) is 17.7 Å². The average molecular weight is 412 g/mol. The third-order valence-corrected chi connectivity index (χ3v) is 6.34. The summed E-state index contributed by atoms with van der Waals surface area (Å²) in [5.41, 5.74) is 1.62. The topological polar surface area (TPSA) is 67.6 Å². The van der Waals surface area contributed by atoms with Crippen molar-refractivity contribution < 1.29 is 17.6 Å². The number of sulfone groups is 1.